The standard InChI is InChI=1S/C46H46N8O6/c1-29(2)39(51-45(57)58)43(55)53-24-13-21-38(53)42-48-28-36(50-42)33-23-22-31(35(26-33)30-14-6-4-7-15-30)16-10-11-19-34-27-47-41(49-34)37-20-12-25-54(37)44(56)40(52-46(59)60-3)32-17-8-5-9-18-32/h4-9,14-15,17-18,22-23,26-29,37-40,51H,12-13,20-21,24-25H2,1-3H3,(H,47,49)(H,48,50)(H,52,59)(H,57,58)/t37?,38?,39-,40?/m0/s1. The van der Waals surface area contributed by atoms with Gasteiger partial charge in [0.05, 0.1) is 37.3 Å². The topological polar surface area (TPSA) is 186 Å². The Morgan fingerprint density at radius 3 is 2.08 bits per heavy atom. The van der Waals surface area contributed by atoms with Crippen LogP contribution in [0.5, 0.6) is 0 Å². The van der Waals surface area contributed by atoms with E-state index in [9.17, 15) is 24.3 Å². The number of carbonyl (C=O) groups is 4. The zero-order valence-electron chi connectivity index (χ0n) is 33.6. The summed E-state index contributed by atoms with van der Waals surface area (Å²) >= 11 is 0. The highest BCUT2D eigenvalue weighted by Crippen LogP contribution is 2.35. The predicted molar refractivity (Wildman–Crippen MR) is 224 cm³/mol. The maximum atomic E-state index is 13.9. The van der Waals surface area contributed by atoms with Crippen LogP contribution in [0.2, 0.25) is 0 Å². The molecule has 14 nitrogen and oxygen atoms in total. The number of likely N-dealkylation sites (tertiary alicyclic amines) is 2. The molecule has 14 heteroatoms. The van der Waals surface area contributed by atoms with Crippen LogP contribution in [0.25, 0.3) is 22.4 Å². The van der Waals surface area contributed by atoms with Gasteiger partial charge in [-0.25, -0.2) is 19.6 Å². The fourth-order valence-electron chi connectivity index (χ4n) is 7.83. The average Bonchev–Trinajstić information content (AvgIpc) is 4.11. The molecule has 2 aliphatic heterocycles. The number of aromatic amines is 2. The minimum Gasteiger partial charge on any atom is -0.465 e. The van der Waals surface area contributed by atoms with Crippen LogP contribution in [0.4, 0.5) is 9.59 Å². The van der Waals surface area contributed by atoms with Crippen LogP contribution >= 0.6 is 0 Å². The summed E-state index contributed by atoms with van der Waals surface area (Å²) in [6.45, 7) is 4.68. The van der Waals surface area contributed by atoms with Gasteiger partial charge in [0.1, 0.15) is 29.4 Å². The maximum Gasteiger partial charge on any atom is 0.407 e. The molecule has 7 rings (SSSR count). The zero-order valence-corrected chi connectivity index (χ0v) is 33.6. The highest BCUT2D eigenvalue weighted by molar-refractivity contribution is 5.88. The lowest BCUT2D eigenvalue weighted by Crippen LogP contribution is -2.50. The number of rotatable bonds is 10. The van der Waals surface area contributed by atoms with Gasteiger partial charge < -0.3 is 40.2 Å². The van der Waals surface area contributed by atoms with Crippen LogP contribution < -0.4 is 10.6 Å². The van der Waals surface area contributed by atoms with Gasteiger partial charge in [0.25, 0.3) is 5.91 Å². The molecule has 4 heterocycles. The van der Waals surface area contributed by atoms with Crippen molar-refractivity contribution in [3.05, 3.63) is 120 Å². The zero-order chi connectivity index (χ0) is 42.2. The first-order valence-electron chi connectivity index (χ1n) is 19.9. The highest BCUT2D eigenvalue weighted by Gasteiger charge is 2.38. The lowest BCUT2D eigenvalue weighted by Gasteiger charge is -2.29. The van der Waals surface area contributed by atoms with E-state index in [0.29, 0.717) is 48.8 Å². The van der Waals surface area contributed by atoms with E-state index in [1.807, 2.05) is 80.6 Å². The number of imidazole rings is 2. The van der Waals surface area contributed by atoms with Gasteiger partial charge >= 0.3 is 12.2 Å². The molecule has 5 N–H and O–H groups in total. The Morgan fingerprint density at radius 1 is 0.783 bits per heavy atom. The molecule has 3 aromatic carbocycles. The highest BCUT2D eigenvalue weighted by atomic mass is 16.5. The molecule has 4 atom stereocenters. The van der Waals surface area contributed by atoms with Gasteiger partial charge in [-0.3, -0.25) is 9.59 Å². The van der Waals surface area contributed by atoms with Crippen LogP contribution in [0.3, 0.4) is 0 Å². The van der Waals surface area contributed by atoms with Crippen LogP contribution in [-0.4, -0.2) is 85.1 Å². The second kappa shape index (κ2) is 18.5. The minimum absolute atomic E-state index is 0.213. The van der Waals surface area contributed by atoms with Crippen LogP contribution in [0, 0.1) is 29.6 Å². The van der Waals surface area contributed by atoms with E-state index in [0.717, 1.165) is 40.8 Å². The summed E-state index contributed by atoms with van der Waals surface area (Å²) in [6, 6.07) is 22.6. The number of ether oxygens (including phenoxy) is 1. The van der Waals surface area contributed by atoms with Crippen LogP contribution in [0.15, 0.2) is 91.3 Å². The Morgan fingerprint density at radius 2 is 1.42 bits per heavy atom. The van der Waals surface area contributed by atoms with Gasteiger partial charge in [-0.2, -0.15) is 0 Å². The van der Waals surface area contributed by atoms with E-state index >= 15 is 0 Å². The molecule has 0 bridgehead atoms. The molecule has 306 valence electrons. The number of methoxy groups -OCH3 is 1. The Balaban J connectivity index is 1.08. The molecule has 2 aliphatic rings. The van der Waals surface area contributed by atoms with Crippen LogP contribution in [-0.2, 0) is 14.3 Å². The van der Waals surface area contributed by atoms with Gasteiger partial charge in [0.2, 0.25) is 5.91 Å². The quantitative estimate of drug-likeness (QED) is 0.0980. The maximum absolute atomic E-state index is 13.9. The molecule has 0 aliphatic carbocycles. The summed E-state index contributed by atoms with van der Waals surface area (Å²) in [4.78, 5) is 70.4. The van der Waals surface area contributed by atoms with Crippen molar-refractivity contribution >= 4 is 24.0 Å². The van der Waals surface area contributed by atoms with Gasteiger partial charge in [0, 0.05) is 24.2 Å². The second-order valence-electron chi connectivity index (χ2n) is 15.0. The average molecular weight is 807 g/mol. The van der Waals surface area contributed by atoms with Gasteiger partial charge in [-0.05, 0) is 78.2 Å². The third kappa shape index (κ3) is 9.19. The summed E-state index contributed by atoms with van der Waals surface area (Å²) in [6.07, 6.45) is 4.44. The smallest absolute Gasteiger partial charge is 0.407 e. The van der Waals surface area contributed by atoms with Crippen molar-refractivity contribution in [1.82, 2.24) is 40.4 Å². The molecule has 2 fully saturated rings. The summed E-state index contributed by atoms with van der Waals surface area (Å²) in [5.74, 6) is 12.7. The number of hydrogen-bond donors (Lipinski definition) is 5. The van der Waals surface area contributed by atoms with E-state index < -0.39 is 24.3 Å². The van der Waals surface area contributed by atoms with E-state index in [4.69, 9.17) is 4.74 Å². The Bertz CT molecular complexity index is 2470. The Kier molecular flexibility index (Phi) is 12.6. The number of nitrogens with zero attached hydrogens (tertiary/aromatic N) is 4. The Labute approximate surface area is 348 Å². The van der Waals surface area contributed by atoms with E-state index in [-0.39, 0.29) is 29.8 Å². The monoisotopic (exact) mass is 806 g/mol. The van der Waals surface area contributed by atoms with Crippen molar-refractivity contribution in [2.24, 2.45) is 5.92 Å². The molecule has 0 saturated carbocycles. The summed E-state index contributed by atoms with van der Waals surface area (Å²) in [7, 11) is 1.26. The second-order valence-corrected chi connectivity index (χ2v) is 15.0. The largest absolute Gasteiger partial charge is 0.465 e. The van der Waals surface area contributed by atoms with Gasteiger partial charge in [-0.15, -0.1) is 0 Å². The van der Waals surface area contributed by atoms with Gasteiger partial charge in [-0.1, -0.05) is 86.5 Å². The predicted octanol–water partition coefficient (Wildman–Crippen LogP) is 6.59. The molecule has 3 unspecified atom stereocenters. The van der Waals surface area contributed by atoms with E-state index in [2.05, 4.69) is 54.3 Å². The molecule has 4 amide bonds. The number of amides is 4. The molecule has 0 spiro atoms. The molecule has 5 aromatic rings. The van der Waals surface area contributed by atoms with Crippen molar-refractivity contribution in [2.45, 2.75) is 63.7 Å². The fraction of sp³-hybridized carbons (Fsp3) is 0.304. The third-order valence-electron chi connectivity index (χ3n) is 10.8. The minimum atomic E-state index is -1.23. The van der Waals surface area contributed by atoms with Crippen molar-refractivity contribution in [3.8, 4) is 46.1 Å². The molecule has 0 radical (unpaired) electrons. The molecule has 2 aromatic heterocycles. The molecular weight excluding hydrogens is 761 g/mol. The summed E-state index contributed by atoms with van der Waals surface area (Å²) in [5, 5.41) is 14.4. The third-order valence-corrected chi connectivity index (χ3v) is 10.8. The Hall–Kier alpha value is -7.32. The first kappa shape index (κ1) is 40.9. The first-order chi connectivity index (χ1) is 29.1. The number of carbonyl (C=O) groups excluding carboxylic acids is 3. The van der Waals surface area contributed by atoms with Gasteiger partial charge in [0.15, 0.2) is 0 Å². The SMILES string of the molecule is COC(=O)NC(C(=O)N1CCCC1c1ncc(C#CC#Cc2ccc(-c3cnc(C4CCCN4C(=O)[C@@H](NC(=O)O)C(C)C)[nH]3)cc2-c2ccccc2)[nH]1)c1ccccc1. The molecule has 60 heavy (non-hydrogen) atoms. The number of carboxylic acid groups (broad SMARTS) is 1. The lowest BCUT2D eigenvalue weighted by molar-refractivity contribution is -0.135. The summed E-state index contributed by atoms with van der Waals surface area (Å²) in [5.41, 5.74) is 5.52. The first-order valence-corrected chi connectivity index (χ1v) is 19.9. The molecule has 2 saturated heterocycles. The summed E-state index contributed by atoms with van der Waals surface area (Å²) < 4.78 is 4.81. The number of benzene rings is 3. The number of nitrogens with one attached hydrogen (secondary N) is 4. The number of hydrogen-bond acceptors (Lipinski definition) is 7. The number of alkyl carbamates (subject to hydrolysis) is 1. The lowest BCUT2D eigenvalue weighted by atomic mass is 9.96. The van der Waals surface area contributed by atoms with Crippen LogP contribution in [0.1, 0.15) is 86.1 Å². The number of H-pyrrole nitrogens is 2. The van der Waals surface area contributed by atoms with Crippen molar-refractivity contribution in [2.75, 3.05) is 20.2 Å². The van der Waals surface area contributed by atoms with Crippen molar-refractivity contribution in [1.29, 1.82) is 0 Å². The number of aromatic nitrogens is 4. The fourth-order valence-corrected chi connectivity index (χ4v) is 7.83. The van der Waals surface area contributed by atoms with Crippen molar-refractivity contribution < 1.29 is 29.0 Å². The van der Waals surface area contributed by atoms with E-state index in [1.165, 1.54) is 7.11 Å². The molecular formula is C46H46N8O6. The normalized spacial score (nSPS) is 16.9. The van der Waals surface area contributed by atoms with E-state index in [1.54, 1.807) is 34.3 Å². The van der Waals surface area contributed by atoms with Crippen molar-refractivity contribution in [3.63, 3.8) is 0 Å².